The molecule has 0 spiro atoms. The fourth-order valence-electron chi connectivity index (χ4n) is 1.75. The van der Waals surface area contributed by atoms with Crippen molar-refractivity contribution >= 4 is 0 Å². The first-order valence-electron chi connectivity index (χ1n) is 6.08. The summed E-state index contributed by atoms with van der Waals surface area (Å²) in [5.74, 6) is 1.16. The molecule has 0 saturated carbocycles. The van der Waals surface area contributed by atoms with Gasteiger partial charge in [-0.05, 0) is 0 Å². The van der Waals surface area contributed by atoms with Crippen LogP contribution >= 0.6 is 0 Å². The number of rotatable bonds is 5. The predicted molar refractivity (Wildman–Crippen MR) is 75.9 cm³/mol. The summed E-state index contributed by atoms with van der Waals surface area (Å²) in [7, 11) is 4.46. The van der Waals surface area contributed by atoms with E-state index >= 15 is 0 Å². The van der Waals surface area contributed by atoms with Gasteiger partial charge in [0.25, 0.3) is 0 Å². The summed E-state index contributed by atoms with van der Waals surface area (Å²) >= 11 is 0. The zero-order chi connectivity index (χ0) is 15.4. The Balaban J connectivity index is 2.38. The lowest BCUT2D eigenvalue weighted by atomic mass is 10.2. The van der Waals surface area contributed by atoms with Gasteiger partial charge in [-0.2, -0.15) is 0 Å². The SMILES string of the molecule is COc1cc(OC)cc(Oc2c(O)cc(OC)cc2O)c1. The van der Waals surface area contributed by atoms with E-state index in [0.717, 1.165) is 0 Å². The number of hydrogen-bond acceptors (Lipinski definition) is 6. The molecule has 0 fully saturated rings. The standard InChI is InChI=1S/C15H16O6/c1-18-9-4-10(19-2)6-12(5-9)21-15-13(16)7-11(20-3)8-14(15)17/h4-8,16-17H,1-3H3. The van der Waals surface area contributed by atoms with Crippen LogP contribution < -0.4 is 18.9 Å². The lowest BCUT2D eigenvalue weighted by Crippen LogP contribution is -1.91. The molecule has 6 heteroatoms. The van der Waals surface area contributed by atoms with Crippen molar-refractivity contribution in [1.29, 1.82) is 0 Å². The molecule has 0 aliphatic rings. The fourth-order valence-corrected chi connectivity index (χ4v) is 1.75. The van der Waals surface area contributed by atoms with Crippen molar-refractivity contribution in [2.75, 3.05) is 21.3 Å². The van der Waals surface area contributed by atoms with E-state index in [1.807, 2.05) is 0 Å². The van der Waals surface area contributed by atoms with E-state index in [0.29, 0.717) is 23.0 Å². The van der Waals surface area contributed by atoms with Gasteiger partial charge in [-0.25, -0.2) is 0 Å². The molecule has 0 aromatic heterocycles. The van der Waals surface area contributed by atoms with Gasteiger partial charge < -0.3 is 29.2 Å². The highest BCUT2D eigenvalue weighted by Gasteiger charge is 2.14. The van der Waals surface area contributed by atoms with Gasteiger partial charge >= 0.3 is 0 Å². The van der Waals surface area contributed by atoms with Crippen LogP contribution in [0.2, 0.25) is 0 Å². The van der Waals surface area contributed by atoms with Crippen molar-refractivity contribution in [2.24, 2.45) is 0 Å². The average Bonchev–Trinajstić information content (AvgIpc) is 2.50. The molecule has 112 valence electrons. The van der Waals surface area contributed by atoms with Crippen LogP contribution in [0.4, 0.5) is 0 Å². The maximum absolute atomic E-state index is 9.89. The summed E-state index contributed by atoms with van der Waals surface area (Å²) < 4.78 is 20.7. The molecule has 2 N–H and O–H groups in total. The lowest BCUT2D eigenvalue weighted by molar-refractivity contribution is 0.356. The molecule has 0 bridgehead atoms. The van der Waals surface area contributed by atoms with Gasteiger partial charge in [0, 0.05) is 30.3 Å². The number of methoxy groups -OCH3 is 3. The minimum Gasteiger partial charge on any atom is -0.504 e. The lowest BCUT2D eigenvalue weighted by Gasteiger charge is -2.13. The second-order valence-corrected chi connectivity index (χ2v) is 4.15. The summed E-state index contributed by atoms with van der Waals surface area (Å²) in [5, 5.41) is 19.8. The van der Waals surface area contributed by atoms with E-state index in [4.69, 9.17) is 18.9 Å². The van der Waals surface area contributed by atoms with Gasteiger partial charge in [0.1, 0.15) is 23.0 Å². The second kappa shape index (κ2) is 6.13. The zero-order valence-corrected chi connectivity index (χ0v) is 11.9. The summed E-state index contributed by atoms with van der Waals surface area (Å²) in [4.78, 5) is 0. The topological polar surface area (TPSA) is 77.4 Å². The first-order chi connectivity index (χ1) is 10.1. The normalized spacial score (nSPS) is 10.0. The van der Waals surface area contributed by atoms with E-state index in [9.17, 15) is 10.2 Å². The molecule has 0 atom stereocenters. The highest BCUT2D eigenvalue weighted by Crippen LogP contribution is 2.43. The minimum atomic E-state index is -0.242. The Morgan fingerprint density at radius 2 is 1.00 bits per heavy atom. The Kier molecular flexibility index (Phi) is 4.27. The summed E-state index contributed by atoms with van der Waals surface area (Å²) in [6, 6.07) is 7.57. The molecule has 2 aromatic carbocycles. The number of benzene rings is 2. The molecule has 0 unspecified atom stereocenters. The fraction of sp³-hybridized carbons (Fsp3) is 0.200. The third-order valence-corrected chi connectivity index (χ3v) is 2.80. The monoisotopic (exact) mass is 292 g/mol. The molecule has 0 amide bonds. The number of hydrogen-bond donors (Lipinski definition) is 2. The predicted octanol–water partition coefficient (Wildman–Crippen LogP) is 2.92. The first-order valence-corrected chi connectivity index (χ1v) is 6.08. The van der Waals surface area contributed by atoms with Gasteiger partial charge in [-0.3, -0.25) is 0 Å². The van der Waals surface area contributed by atoms with Crippen LogP contribution in [0.15, 0.2) is 30.3 Å². The second-order valence-electron chi connectivity index (χ2n) is 4.15. The van der Waals surface area contributed by atoms with Crippen molar-refractivity contribution in [3.8, 4) is 40.2 Å². The minimum absolute atomic E-state index is 0.0777. The summed E-state index contributed by atoms with van der Waals surface area (Å²) in [6.45, 7) is 0. The summed E-state index contributed by atoms with van der Waals surface area (Å²) in [6.07, 6.45) is 0. The average molecular weight is 292 g/mol. The molecular formula is C15H16O6. The molecule has 0 radical (unpaired) electrons. The van der Waals surface area contributed by atoms with Gasteiger partial charge in [0.15, 0.2) is 11.5 Å². The quantitative estimate of drug-likeness (QED) is 0.882. The molecule has 21 heavy (non-hydrogen) atoms. The maximum Gasteiger partial charge on any atom is 0.210 e. The molecule has 0 aliphatic heterocycles. The van der Waals surface area contributed by atoms with E-state index < -0.39 is 0 Å². The van der Waals surface area contributed by atoms with Gasteiger partial charge in [-0.15, -0.1) is 0 Å². The maximum atomic E-state index is 9.89. The van der Waals surface area contributed by atoms with E-state index in [2.05, 4.69) is 0 Å². The van der Waals surface area contributed by atoms with Crippen LogP contribution in [0, 0.1) is 0 Å². The van der Waals surface area contributed by atoms with Crippen LogP contribution in [0.3, 0.4) is 0 Å². The Morgan fingerprint density at radius 1 is 0.619 bits per heavy atom. The highest BCUT2D eigenvalue weighted by atomic mass is 16.5. The van der Waals surface area contributed by atoms with Crippen LogP contribution in [0.1, 0.15) is 0 Å². The van der Waals surface area contributed by atoms with E-state index in [1.165, 1.54) is 33.5 Å². The zero-order valence-electron chi connectivity index (χ0n) is 11.9. The number of phenols is 2. The van der Waals surface area contributed by atoms with Crippen LogP contribution in [-0.2, 0) is 0 Å². The number of aromatic hydroxyl groups is 2. The number of phenolic OH excluding ortho intramolecular Hbond substituents is 2. The van der Waals surface area contributed by atoms with E-state index in [1.54, 1.807) is 18.2 Å². The van der Waals surface area contributed by atoms with Crippen LogP contribution in [-0.4, -0.2) is 31.5 Å². The molecular weight excluding hydrogens is 276 g/mol. The molecule has 2 rings (SSSR count). The van der Waals surface area contributed by atoms with Crippen LogP contribution in [0.25, 0.3) is 0 Å². The molecule has 0 aliphatic carbocycles. The first kappa shape index (κ1) is 14.6. The van der Waals surface area contributed by atoms with E-state index in [-0.39, 0.29) is 17.2 Å². The van der Waals surface area contributed by atoms with Gasteiger partial charge in [0.2, 0.25) is 5.75 Å². The van der Waals surface area contributed by atoms with Gasteiger partial charge in [-0.1, -0.05) is 0 Å². The Hall–Kier alpha value is -2.76. The highest BCUT2D eigenvalue weighted by molar-refractivity contribution is 5.56. The van der Waals surface area contributed by atoms with Crippen molar-refractivity contribution in [3.63, 3.8) is 0 Å². The van der Waals surface area contributed by atoms with Crippen LogP contribution in [0.5, 0.6) is 40.2 Å². The Morgan fingerprint density at radius 3 is 1.43 bits per heavy atom. The Labute approximate surface area is 122 Å². The van der Waals surface area contributed by atoms with Crippen molar-refractivity contribution < 1.29 is 29.2 Å². The smallest absolute Gasteiger partial charge is 0.210 e. The number of ether oxygens (including phenoxy) is 4. The third kappa shape index (κ3) is 3.22. The van der Waals surface area contributed by atoms with Crippen molar-refractivity contribution in [2.45, 2.75) is 0 Å². The Bertz CT molecular complexity index is 593. The van der Waals surface area contributed by atoms with Crippen molar-refractivity contribution in [1.82, 2.24) is 0 Å². The van der Waals surface area contributed by atoms with Gasteiger partial charge in [0.05, 0.1) is 21.3 Å². The molecule has 2 aromatic rings. The summed E-state index contributed by atoms with van der Waals surface area (Å²) in [5.41, 5.74) is 0. The largest absolute Gasteiger partial charge is 0.504 e. The molecule has 0 saturated heterocycles. The molecule has 6 nitrogen and oxygen atoms in total. The molecule has 0 heterocycles. The third-order valence-electron chi connectivity index (χ3n) is 2.80. The van der Waals surface area contributed by atoms with Crippen molar-refractivity contribution in [3.05, 3.63) is 30.3 Å².